The van der Waals surface area contributed by atoms with Crippen molar-refractivity contribution in [3.63, 3.8) is 0 Å². The van der Waals surface area contributed by atoms with Crippen LogP contribution in [0.3, 0.4) is 0 Å². The van der Waals surface area contributed by atoms with Gasteiger partial charge in [0.25, 0.3) is 11.8 Å². The molecule has 2 amide bonds. The molecule has 174 valence electrons. The summed E-state index contributed by atoms with van der Waals surface area (Å²) in [5.41, 5.74) is -0.0829. The SMILES string of the molecule is CC1/C=C\C2(CCC2)Nn2cc(C(=O)NCc3c(F)cc(F)cc3F)c(=O)c(O)c2C(=O)N1. The molecule has 2 aromatic rings. The van der Waals surface area contributed by atoms with Crippen molar-refractivity contribution in [3.8, 4) is 5.75 Å². The maximum Gasteiger partial charge on any atom is 0.274 e. The Morgan fingerprint density at radius 3 is 2.52 bits per heavy atom. The molecular formula is C22H21F3N4O4. The van der Waals surface area contributed by atoms with E-state index >= 15 is 0 Å². The van der Waals surface area contributed by atoms with E-state index in [0.717, 1.165) is 30.1 Å². The van der Waals surface area contributed by atoms with Gasteiger partial charge in [-0.05, 0) is 26.2 Å². The van der Waals surface area contributed by atoms with E-state index in [0.29, 0.717) is 12.1 Å². The molecule has 1 aliphatic heterocycles. The van der Waals surface area contributed by atoms with Gasteiger partial charge in [0.2, 0.25) is 5.43 Å². The molecule has 0 saturated heterocycles. The van der Waals surface area contributed by atoms with Crippen molar-refractivity contribution < 1.29 is 27.9 Å². The Hall–Kier alpha value is -3.76. The molecule has 2 aliphatic rings. The Morgan fingerprint density at radius 1 is 1.24 bits per heavy atom. The molecule has 1 aromatic heterocycles. The fourth-order valence-corrected chi connectivity index (χ4v) is 3.84. The zero-order chi connectivity index (χ0) is 23.9. The predicted molar refractivity (Wildman–Crippen MR) is 112 cm³/mol. The monoisotopic (exact) mass is 462 g/mol. The Labute approximate surface area is 186 Å². The third kappa shape index (κ3) is 4.18. The largest absolute Gasteiger partial charge is 0.502 e. The Bertz CT molecular complexity index is 1210. The standard InChI is InChI=1S/C22H21F3N4O4/c1-11-3-6-22(4-2-5-22)28-29-10-14(18(30)19(31)17(29)21(33)27-11)20(32)26-9-13-15(24)7-12(23)8-16(13)25/h3,6-8,10-11,28,31H,2,4-5,9H2,1H3,(H,26,32)(H,27,33)/b6-3-. The molecule has 4 rings (SSSR count). The lowest BCUT2D eigenvalue weighted by Gasteiger charge is -2.41. The molecule has 33 heavy (non-hydrogen) atoms. The molecule has 1 saturated carbocycles. The minimum absolute atomic E-state index is 0.367. The maximum atomic E-state index is 13.9. The second kappa shape index (κ2) is 8.30. The van der Waals surface area contributed by atoms with Gasteiger partial charge in [-0.25, -0.2) is 13.2 Å². The summed E-state index contributed by atoms with van der Waals surface area (Å²) in [6.45, 7) is 1.07. The summed E-state index contributed by atoms with van der Waals surface area (Å²) in [4.78, 5) is 38.0. The zero-order valence-electron chi connectivity index (χ0n) is 17.5. The molecule has 1 aliphatic carbocycles. The van der Waals surface area contributed by atoms with Gasteiger partial charge < -0.3 is 21.2 Å². The number of carbonyl (C=O) groups is 2. The molecule has 0 radical (unpaired) electrons. The molecule has 1 spiro atoms. The third-order valence-electron chi connectivity index (χ3n) is 5.83. The first-order chi connectivity index (χ1) is 15.6. The number of benzene rings is 1. The van der Waals surface area contributed by atoms with Gasteiger partial charge in [-0.2, -0.15) is 0 Å². The Morgan fingerprint density at radius 2 is 1.91 bits per heavy atom. The number of hydrogen-bond acceptors (Lipinski definition) is 5. The van der Waals surface area contributed by atoms with Gasteiger partial charge in [0.15, 0.2) is 11.4 Å². The average molecular weight is 462 g/mol. The maximum absolute atomic E-state index is 13.9. The van der Waals surface area contributed by atoms with Crippen LogP contribution in [0.5, 0.6) is 5.75 Å². The van der Waals surface area contributed by atoms with E-state index in [1.165, 1.54) is 0 Å². The van der Waals surface area contributed by atoms with Crippen molar-refractivity contribution >= 4 is 11.8 Å². The van der Waals surface area contributed by atoms with Gasteiger partial charge in [0.1, 0.15) is 23.0 Å². The number of amides is 2. The van der Waals surface area contributed by atoms with Crippen LogP contribution in [0.1, 0.15) is 52.6 Å². The van der Waals surface area contributed by atoms with Gasteiger partial charge in [-0.1, -0.05) is 12.2 Å². The van der Waals surface area contributed by atoms with Crippen molar-refractivity contribution in [1.29, 1.82) is 0 Å². The third-order valence-corrected chi connectivity index (χ3v) is 5.83. The normalized spacial score (nSPS) is 19.8. The summed E-state index contributed by atoms with van der Waals surface area (Å²) in [5.74, 6) is -6.23. The smallest absolute Gasteiger partial charge is 0.274 e. The molecule has 11 heteroatoms. The number of aromatic nitrogens is 1. The average Bonchev–Trinajstić information content (AvgIpc) is 2.76. The lowest BCUT2D eigenvalue weighted by molar-refractivity contribution is 0.0923. The van der Waals surface area contributed by atoms with E-state index in [2.05, 4.69) is 16.1 Å². The van der Waals surface area contributed by atoms with E-state index in [1.54, 1.807) is 13.0 Å². The van der Waals surface area contributed by atoms with Gasteiger partial charge >= 0.3 is 0 Å². The first kappa shape index (κ1) is 22.4. The van der Waals surface area contributed by atoms with Crippen LogP contribution in [0.15, 0.2) is 35.3 Å². The predicted octanol–water partition coefficient (Wildman–Crippen LogP) is 2.06. The number of aromatic hydroxyl groups is 1. The molecule has 1 unspecified atom stereocenters. The summed E-state index contributed by atoms with van der Waals surface area (Å²) in [6, 6.07) is 0.560. The summed E-state index contributed by atoms with van der Waals surface area (Å²) >= 11 is 0. The summed E-state index contributed by atoms with van der Waals surface area (Å²) in [5, 5.41) is 15.3. The summed E-state index contributed by atoms with van der Waals surface area (Å²) in [7, 11) is 0. The Balaban J connectivity index is 1.69. The van der Waals surface area contributed by atoms with E-state index in [9.17, 15) is 32.7 Å². The van der Waals surface area contributed by atoms with E-state index in [-0.39, 0.29) is 11.7 Å². The highest BCUT2D eigenvalue weighted by atomic mass is 19.1. The zero-order valence-corrected chi connectivity index (χ0v) is 17.5. The fourth-order valence-electron chi connectivity index (χ4n) is 3.84. The molecule has 4 N–H and O–H groups in total. The van der Waals surface area contributed by atoms with Crippen molar-refractivity contribution in [2.75, 3.05) is 5.43 Å². The Kier molecular flexibility index (Phi) is 5.64. The van der Waals surface area contributed by atoms with Crippen molar-refractivity contribution in [3.05, 3.63) is 75.0 Å². The van der Waals surface area contributed by atoms with Crippen molar-refractivity contribution in [1.82, 2.24) is 15.3 Å². The van der Waals surface area contributed by atoms with Gasteiger partial charge in [0, 0.05) is 36.5 Å². The van der Waals surface area contributed by atoms with Crippen molar-refractivity contribution in [2.24, 2.45) is 0 Å². The van der Waals surface area contributed by atoms with Gasteiger partial charge in [-0.15, -0.1) is 0 Å². The second-order valence-electron chi connectivity index (χ2n) is 8.21. The molecule has 8 nitrogen and oxygen atoms in total. The van der Waals surface area contributed by atoms with Gasteiger partial charge in [-0.3, -0.25) is 19.1 Å². The number of hydrogen-bond donors (Lipinski definition) is 4. The highest BCUT2D eigenvalue weighted by Gasteiger charge is 2.37. The van der Waals surface area contributed by atoms with Crippen LogP contribution in [0.25, 0.3) is 0 Å². The molecule has 1 aromatic carbocycles. The number of nitrogens with one attached hydrogen (secondary N) is 3. The van der Waals surface area contributed by atoms with Crippen LogP contribution in [0.4, 0.5) is 13.2 Å². The molecule has 1 fully saturated rings. The van der Waals surface area contributed by atoms with Crippen LogP contribution < -0.4 is 21.5 Å². The number of fused-ring (bicyclic) bond motifs is 1. The highest BCUT2D eigenvalue weighted by molar-refractivity contribution is 5.98. The van der Waals surface area contributed by atoms with Crippen LogP contribution in [0.2, 0.25) is 0 Å². The molecular weight excluding hydrogens is 441 g/mol. The van der Waals surface area contributed by atoms with Gasteiger partial charge in [0.05, 0.1) is 5.54 Å². The number of nitrogens with zero attached hydrogens (tertiary/aromatic N) is 1. The lowest BCUT2D eigenvalue weighted by Crippen LogP contribution is -2.48. The summed E-state index contributed by atoms with van der Waals surface area (Å²) < 4.78 is 41.9. The van der Waals surface area contributed by atoms with E-state index < -0.39 is 63.7 Å². The number of pyridine rings is 1. The number of halogens is 3. The minimum Gasteiger partial charge on any atom is -0.502 e. The van der Waals surface area contributed by atoms with Crippen LogP contribution in [-0.4, -0.2) is 33.2 Å². The van der Waals surface area contributed by atoms with E-state index in [1.807, 2.05) is 6.08 Å². The summed E-state index contributed by atoms with van der Waals surface area (Å²) in [6.07, 6.45) is 7.11. The topological polar surface area (TPSA) is 112 Å². The molecule has 1 atom stereocenters. The minimum atomic E-state index is -1.20. The molecule has 0 bridgehead atoms. The van der Waals surface area contributed by atoms with Crippen molar-refractivity contribution in [2.45, 2.75) is 44.3 Å². The quantitative estimate of drug-likeness (QED) is 0.522. The second-order valence-corrected chi connectivity index (χ2v) is 8.21. The van der Waals surface area contributed by atoms with Crippen LogP contribution in [-0.2, 0) is 6.54 Å². The van der Waals surface area contributed by atoms with Crippen LogP contribution >= 0.6 is 0 Å². The number of carbonyl (C=O) groups excluding carboxylic acids is 2. The first-order valence-corrected chi connectivity index (χ1v) is 10.3. The number of rotatable bonds is 3. The lowest BCUT2D eigenvalue weighted by atomic mass is 9.77. The van der Waals surface area contributed by atoms with E-state index in [4.69, 9.17) is 0 Å². The van der Waals surface area contributed by atoms with Crippen LogP contribution in [0, 0.1) is 17.5 Å². The molecule has 2 heterocycles. The first-order valence-electron chi connectivity index (χ1n) is 10.3. The fraction of sp³-hybridized carbons (Fsp3) is 0.318. The highest BCUT2D eigenvalue weighted by Crippen LogP contribution is 2.35.